The van der Waals surface area contributed by atoms with Crippen LogP contribution in [0, 0.1) is 5.92 Å². The zero-order valence-electron chi connectivity index (χ0n) is 25.4. The molecule has 4 aliphatic rings. The van der Waals surface area contributed by atoms with Crippen LogP contribution in [0.4, 0.5) is 0 Å². The van der Waals surface area contributed by atoms with E-state index < -0.39 is 11.6 Å². The molecule has 0 aromatic heterocycles. The molecular weight excluding hydrogens is 617 g/mol. The molecule has 0 radical (unpaired) electrons. The Morgan fingerprint density at radius 3 is 2.25 bits per heavy atom. The molecule has 0 aliphatic carbocycles. The molecule has 0 saturated carbocycles. The molecule has 4 aliphatic heterocycles. The van der Waals surface area contributed by atoms with Crippen LogP contribution in [0.25, 0.3) is 0 Å². The van der Waals surface area contributed by atoms with E-state index in [2.05, 4.69) is 30.6 Å². The van der Waals surface area contributed by atoms with Crippen molar-refractivity contribution in [3.63, 3.8) is 0 Å². The molecule has 0 unspecified atom stereocenters. The van der Waals surface area contributed by atoms with Gasteiger partial charge in [-0.3, -0.25) is 14.5 Å². The van der Waals surface area contributed by atoms with Crippen LogP contribution in [0.1, 0.15) is 50.8 Å². The predicted molar refractivity (Wildman–Crippen MR) is 177 cm³/mol. The molecule has 4 heterocycles. The lowest BCUT2D eigenvalue weighted by molar-refractivity contribution is -0.143. The largest absolute Gasteiger partial charge is 0.395 e. The van der Waals surface area contributed by atoms with E-state index in [0.29, 0.717) is 47.6 Å². The van der Waals surface area contributed by atoms with E-state index in [9.17, 15) is 14.7 Å². The van der Waals surface area contributed by atoms with Gasteiger partial charge in [-0.15, -0.1) is 0 Å². The third-order valence-electron chi connectivity index (χ3n) is 9.26. The number of hydrogen-bond acceptors (Lipinski definition) is 7. The van der Waals surface area contributed by atoms with Crippen LogP contribution in [0.2, 0.25) is 10.0 Å². The SMILES string of the molecule is CC(C)C1=C(C(=O)N2CCC[C@H]2C(=O)N2CCN(CCO)CC2)SC2=N[C@@](C)(c3ccc(Cl)cc3)[C@@H](c3ccc(Cl)cc3)N21. The second-order valence-corrected chi connectivity index (χ2v) is 14.2. The Hall–Kier alpha value is -2.56. The molecule has 44 heavy (non-hydrogen) atoms. The van der Waals surface area contributed by atoms with Gasteiger partial charge in [0.05, 0.1) is 12.6 Å². The van der Waals surface area contributed by atoms with Crippen molar-refractivity contribution >= 4 is 51.9 Å². The summed E-state index contributed by atoms with van der Waals surface area (Å²) in [6.07, 6.45) is 1.47. The monoisotopic (exact) mass is 655 g/mol. The number of aliphatic hydroxyl groups excluding tert-OH is 1. The normalized spacial score (nSPS) is 25.7. The van der Waals surface area contributed by atoms with Gasteiger partial charge in [0.2, 0.25) is 5.91 Å². The molecule has 11 heteroatoms. The number of fused-ring (bicyclic) bond motifs is 1. The first-order valence-electron chi connectivity index (χ1n) is 15.4. The molecule has 2 amide bonds. The van der Waals surface area contributed by atoms with Crippen LogP contribution < -0.4 is 0 Å². The van der Waals surface area contributed by atoms with Crippen LogP contribution in [-0.2, 0) is 15.1 Å². The fourth-order valence-electron chi connectivity index (χ4n) is 7.01. The van der Waals surface area contributed by atoms with E-state index in [-0.39, 0.29) is 30.4 Å². The maximum absolute atomic E-state index is 14.4. The van der Waals surface area contributed by atoms with Crippen LogP contribution in [0.15, 0.2) is 64.1 Å². The molecule has 2 fully saturated rings. The van der Waals surface area contributed by atoms with Gasteiger partial charge in [-0.1, -0.05) is 61.3 Å². The summed E-state index contributed by atoms with van der Waals surface area (Å²) in [4.78, 5) is 42.2. The van der Waals surface area contributed by atoms with E-state index >= 15 is 0 Å². The summed E-state index contributed by atoms with van der Waals surface area (Å²) < 4.78 is 0. The number of halogens is 2. The molecule has 2 aromatic carbocycles. The Labute approximate surface area is 273 Å². The van der Waals surface area contributed by atoms with E-state index in [1.165, 1.54) is 11.8 Å². The second kappa shape index (κ2) is 12.7. The van der Waals surface area contributed by atoms with Crippen molar-refractivity contribution in [2.75, 3.05) is 45.9 Å². The highest BCUT2D eigenvalue weighted by atomic mass is 35.5. The van der Waals surface area contributed by atoms with Crippen molar-refractivity contribution in [3.8, 4) is 0 Å². The zero-order valence-corrected chi connectivity index (χ0v) is 27.7. The van der Waals surface area contributed by atoms with Crippen molar-refractivity contribution in [1.29, 1.82) is 0 Å². The fraction of sp³-hybridized carbons (Fsp3) is 0.485. The highest BCUT2D eigenvalue weighted by Crippen LogP contribution is 2.56. The Balaban J connectivity index is 1.32. The number of β-amino-alcohol motifs (C(OH)–C–C–N with tert-alkyl or cyclic N) is 1. The van der Waals surface area contributed by atoms with Crippen LogP contribution in [-0.4, -0.2) is 93.6 Å². The molecule has 1 N–H and O–H groups in total. The first-order chi connectivity index (χ1) is 21.1. The van der Waals surface area contributed by atoms with Crippen LogP contribution >= 0.6 is 35.0 Å². The molecule has 0 spiro atoms. The number of likely N-dealkylation sites (tertiary alicyclic amines) is 1. The van der Waals surface area contributed by atoms with Gasteiger partial charge in [-0.25, -0.2) is 4.99 Å². The minimum absolute atomic E-state index is 0.0291. The standard InChI is InChI=1S/C33H39Cl2N5O3S/c1-21(2)27-28(31(43)39-14-4-5-26(39)30(42)38-17-15-37(16-18-38)19-20-41)44-32-36-33(3,23-8-12-25(35)13-9-23)29(40(27)32)22-6-10-24(34)11-7-22/h6-13,21,26,29,41H,4-5,14-20H2,1-3H3/t26-,29+,33-/m0/s1. The fourth-order valence-corrected chi connectivity index (χ4v) is 8.62. The van der Waals surface area contributed by atoms with Crippen molar-refractivity contribution in [3.05, 3.63) is 80.3 Å². The summed E-state index contributed by atoms with van der Waals surface area (Å²) in [6, 6.07) is 15.0. The summed E-state index contributed by atoms with van der Waals surface area (Å²) in [5.41, 5.74) is 2.38. The summed E-state index contributed by atoms with van der Waals surface area (Å²) in [7, 11) is 0. The van der Waals surface area contributed by atoms with E-state index in [1.54, 1.807) is 4.90 Å². The van der Waals surface area contributed by atoms with Crippen molar-refractivity contribution in [1.82, 2.24) is 19.6 Å². The predicted octanol–water partition coefficient (Wildman–Crippen LogP) is 5.36. The van der Waals surface area contributed by atoms with Crippen molar-refractivity contribution < 1.29 is 14.7 Å². The number of nitrogens with zero attached hydrogens (tertiary/aromatic N) is 5. The molecule has 8 nitrogen and oxygen atoms in total. The average Bonchev–Trinajstić information content (AvgIpc) is 3.71. The summed E-state index contributed by atoms with van der Waals surface area (Å²) in [5.74, 6) is -0.0251. The minimum Gasteiger partial charge on any atom is -0.395 e. The molecule has 234 valence electrons. The van der Waals surface area contributed by atoms with Crippen LogP contribution in [0.5, 0.6) is 0 Å². The third-order valence-corrected chi connectivity index (χ3v) is 10.8. The van der Waals surface area contributed by atoms with Gasteiger partial charge in [0.1, 0.15) is 16.5 Å². The lowest BCUT2D eigenvalue weighted by Crippen LogP contribution is -2.54. The van der Waals surface area contributed by atoms with Gasteiger partial charge >= 0.3 is 0 Å². The Morgan fingerprint density at radius 2 is 1.64 bits per heavy atom. The maximum Gasteiger partial charge on any atom is 0.263 e. The highest BCUT2D eigenvalue weighted by Gasteiger charge is 2.54. The number of piperazine rings is 1. The quantitative estimate of drug-likeness (QED) is 0.433. The first-order valence-corrected chi connectivity index (χ1v) is 16.9. The number of rotatable bonds is 7. The van der Waals surface area contributed by atoms with E-state index in [4.69, 9.17) is 28.2 Å². The zero-order chi connectivity index (χ0) is 31.2. The molecule has 6 rings (SSSR count). The van der Waals surface area contributed by atoms with E-state index in [0.717, 1.165) is 41.5 Å². The lowest BCUT2D eigenvalue weighted by atomic mass is 9.81. The maximum atomic E-state index is 14.4. The minimum atomic E-state index is -0.639. The Kier molecular flexibility index (Phi) is 9.05. The third kappa shape index (κ3) is 5.66. The van der Waals surface area contributed by atoms with Gasteiger partial charge < -0.3 is 19.8 Å². The topological polar surface area (TPSA) is 79.7 Å². The first kappa shape index (κ1) is 31.4. The van der Waals surface area contributed by atoms with Gasteiger partial charge in [0.15, 0.2) is 5.17 Å². The number of hydrogen-bond donors (Lipinski definition) is 1. The summed E-state index contributed by atoms with van der Waals surface area (Å²) in [5, 5.41) is 11.4. The second-order valence-electron chi connectivity index (χ2n) is 12.4. The summed E-state index contributed by atoms with van der Waals surface area (Å²) >= 11 is 14.0. The number of aliphatic hydroxyl groups is 1. The molecule has 2 aromatic rings. The lowest BCUT2D eigenvalue weighted by Gasteiger charge is -2.38. The molecular formula is C33H39Cl2N5O3S. The Bertz CT molecular complexity index is 1470. The number of benzene rings is 2. The molecule has 3 atom stereocenters. The number of allylic oxidation sites excluding steroid dienone is 1. The molecule has 0 bridgehead atoms. The average molecular weight is 657 g/mol. The number of carbonyl (C=O) groups excluding carboxylic acids is 2. The van der Waals surface area contributed by atoms with Crippen LogP contribution in [0.3, 0.4) is 0 Å². The van der Waals surface area contributed by atoms with Gasteiger partial charge in [-0.05, 0) is 72.8 Å². The smallest absolute Gasteiger partial charge is 0.263 e. The van der Waals surface area contributed by atoms with Gasteiger partial charge in [-0.2, -0.15) is 0 Å². The number of aliphatic imine (C=N–C) groups is 1. The molecule has 2 saturated heterocycles. The number of thioether (sulfide) groups is 1. The van der Waals surface area contributed by atoms with Crippen molar-refractivity contribution in [2.45, 2.75) is 51.2 Å². The van der Waals surface area contributed by atoms with Crippen molar-refractivity contribution in [2.24, 2.45) is 10.9 Å². The highest BCUT2D eigenvalue weighted by molar-refractivity contribution is 8.18. The number of carbonyl (C=O) groups is 2. The van der Waals surface area contributed by atoms with E-state index in [1.807, 2.05) is 53.4 Å². The number of amidine groups is 1. The Morgan fingerprint density at radius 1 is 1.00 bits per heavy atom. The summed E-state index contributed by atoms with van der Waals surface area (Å²) in [6.45, 7) is 10.4. The van der Waals surface area contributed by atoms with Gasteiger partial charge in [0, 0.05) is 55.0 Å². The number of amides is 2. The van der Waals surface area contributed by atoms with Gasteiger partial charge in [0.25, 0.3) is 5.91 Å².